The van der Waals surface area contributed by atoms with Crippen LogP contribution in [0.4, 0.5) is 10.5 Å². The fourth-order valence-corrected chi connectivity index (χ4v) is 2.74. The summed E-state index contributed by atoms with van der Waals surface area (Å²) in [5.41, 5.74) is 2.71. The van der Waals surface area contributed by atoms with Crippen molar-refractivity contribution in [3.05, 3.63) is 35.2 Å². The molecule has 24 heavy (non-hydrogen) atoms. The molecule has 0 spiro atoms. The standard InChI is InChI=1S/C16H18N4O3S/c1-9-3-6-12(10(2)7-9)17-15(22)18-13(21)8-24-16-20-19-14(23-16)11-4-5-11/h3,6-7,11H,4-5,8H2,1-2H3,(H2,17,18,21,22). The molecule has 3 rings (SSSR count). The number of rotatable bonds is 5. The normalized spacial score (nSPS) is 13.6. The van der Waals surface area contributed by atoms with Crippen LogP contribution in [0.2, 0.25) is 0 Å². The van der Waals surface area contributed by atoms with E-state index in [9.17, 15) is 9.59 Å². The van der Waals surface area contributed by atoms with Crippen molar-refractivity contribution >= 4 is 29.4 Å². The summed E-state index contributed by atoms with van der Waals surface area (Å²) in [4.78, 5) is 23.7. The Bertz CT molecular complexity index is 770. The van der Waals surface area contributed by atoms with Crippen LogP contribution in [-0.2, 0) is 4.79 Å². The molecule has 126 valence electrons. The number of carbonyl (C=O) groups is 2. The number of imide groups is 1. The van der Waals surface area contributed by atoms with Crippen LogP contribution in [-0.4, -0.2) is 27.9 Å². The van der Waals surface area contributed by atoms with E-state index in [4.69, 9.17) is 4.42 Å². The number of urea groups is 1. The van der Waals surface area contributed by atoms with E-state index >= 15 is 0 Å². The zero-order valence-corrected chi connectivity index (χ0v) is 14.3. The summed E-state index contributed by atoms with van der Waals surface area (Å²) in [6.45, 7) is 3.87. The van der Waals surface area contributed by atoms with E-state index in [1.54, 1.807) is 6.07 Å². The highest BCUT2D eigenvalue weighted by Crippen LogP contribution is 2.39. The molecule has 0 radical (unpaired) electrons. The van der Waals surface area contributed by atoms with Crippen LogP contribution in [0.15, 0.2) is 27.8 Å². The molecular weight excluding hydrogens is 328 g/mol. The van der Waals surface area contributed by atoms with Crippen LogP contribution in [0.5, 0.6) is 0 Å². The molecule has 1 heterocycles. The maximum absolute atomic E-state index is 11.9. The highest BCUT2D eigenvalue weighted by atomic mass is 32.2. The van der Waals surface area contributed by atoms with E-state index in [2.05, 4.69) is 20.8 Å². The summed E-state index contributed by atoms with van der Waals surface area (Å²) < 4.78 is 5.45. The third-order valence-corrected chi connectivity index (χ3v) is 4.38. The predicted octanol–water partition coefficient (Wildman–Crippen LogP) is 3.00. The fourth-order valence-electron chi connectivity index (χ4n) is 2.17. The van der Waals surface area contributed by atoms with Crippen LogP contribution in [0.3, 0.4) is 0 Å². The number of aromatic nitrogens is 2. The molecule has 1 fully saturated rings. The van der Waals surface area contributed by atoms with Gasteiger partial charge in [0.15, 0.2) is 0 Å². The van der Waals surface area contributed by atoms with Crippen molar-refractivity contribution < 1.29 is 14.0 Å². The lowest BCUT2D eigenvalue weighted by atomic mass is 10.1. The number of amides is 3. The number of benzene rings is 1. The number of carbonyl (C=O) groups excluding carboxylic acids is 2. The van der Waals surface area contributed by atoms with Gasteiger partial charge in [0.2, 0.25) is 11.8 Å². The van der Waals surface area contributed by atoms with Gasteiger partial charge in [-0.15, -0.1) is 10.2 Å². The minimum Gasteiger partial charge on any atom is -0.416 e. The Balaban J connectivity index is 1.45. The zero-order valence-electron chi connectivity index (χ0n) is 13.5. The smallest absolute Gasteiger partial charge is 0.325 e. The lowest BCUT2D eigenvalue weighted by molar-refractivity contribution is -0.117. The molecule has 8 heteroatoms. The van der Waals surface area contributed by atoms with Gasteiger partial charge < -0.3 is 9.73 Å². The van der Waals surface area contributed by atoms with Gasteiger partial charge in [-0.25, -0.2) is 4.79 Å². The number of anilines is 1. The predicted molar refractivity (Wildman–Crippen MR) is 90.1 cm³/mol. The molecule has 1 aromatic heterocycles. The minimum atomic E-state index is -0.559. The van der Waals surface area contributed by atoms with Crippen LogP contribution in [0.1, 0.15) is 35.8 Å². The van der Waals surface area contributed by atoms with Crippen molar-refractivity contribution in [1.82, 2.24) is 15.5 Å². The Morgan fingerprint density at radius 1 is 1.29 bits per heavy atom. The van der Waals surface area contributed by atoms with Gasteiger partial charge in [0.05, 0.1) is 5.75 Å². The Hall–Kier alpha value is -2.35. The second kappa shape index (κ2) is 7.04. The first kappa shape index (κ1) is 16.5. The third-order valence-electron chi connectivity index (χ3n) is 3.56. The Morgan fingerprint density at radius 3 is 2.79 bits per heavy atom. The number of nitrogens with one attached hydrogen (secondary N) is 2. The van der Waals surface area contributed by atoms with Gasteiger partial charge in [0.25, 0.3) is 5.22 Å². The van der Waals surface area contributed by atoms with Crippen molar-refractivity contribution in [2.24, 2.45) is 0 Å². The first-order chi connectivity index (χ1) is 11.5. The number of thioether (sulfide) groups is 1. The molecule has 1 aliphatic rings. The van der Waals surface area contributed by atoms with E-state index < -0.39 is 11.9 Å². The average molecular weight is 346 g/mol. The molecule has 7 nitrogen and oxygen atoms in total. The first-order valence-electron chi connectivity index (χ1n) is 7.65. The average Bonchev–Trinajstić information content (AvgIpc) is 3.27. The van der Waals surface area contributed by atoms with Gasteiger partial charge in [-0.2, -0.15) is 0 Å². The van der Waals surface area contributed by atoms with Gasteiger partial charge in [0, 0.05) is 11.6 Å². The number of hydrogen-bond acceptors (Lipinski definition) is 6. The maximum Gasteiger partial charge on any atom is 0.325 e. The lowest BCUT2D eigenvalue weighted by Gasteiger charge is -2.09. The van der Waals surface area contributed by atoms with Crippen LogP contribution in [0, 0.1) is 13.8 Å². The van der Waals surface area contributed by atoms with Crippen LogP contribution >= 0.6 is 11.8 Å². The minimum absolute atomic E-state index is 0.0343. The van der Waals surface area contributed by atoms with Gasteiger partial charge >= 0.3 is 6.03 Å². The Labute approximate surface area is 143 Å². The fraction of sp³-hybridized carbons (Fsp3) is 0.375. The Kier molecular flexibility index (Phi) is 4.84. The molecule has 0 bridgehead atoms. The SMILES string of the molecule is Cc1ccc(NC(=O)NC(=O)CSc2nnc(C3CC3)o2)c(C)c1. The molecule has 1 saturated carbocycles. The maximum atomic E-state index is 11.9. The first-order valence-corrected chi connectivity index (χ1v) is 8.64. The van der Waals surface area contributed by atoms with Crippen LogP contribution < -0.4 is 10.6 Å². The quantitative estimate of drug-likeness (QED) is 0.808. The van der Waals surface area contributed by atoms with E-state index in [-0.39, 0.29) is 5.75 Å². The van der Waals surface area contributed by atoms with E-state index in [1.807, 2.05) is 26.0 Å². The summed E-state index contributed by atoms with van der Waals surface area (Å²) in [5.74, 6) is 0.621. The van der Waals surface area contributed by atoms with Gasteiger partial charge in [0.1, 0.15) is 0 Å². The Morgan fingerprint density at radius 2 is 2.08 bits per heavy atom. The summed E-state index contributed by atoms with van der Waals surface area (Å²) in [6.07, 6.45) is 2.15. The zero-order chi connectivity index (χ0) is 17.1. The van der Waals surface area contributed by atoms with Crippen molar-refractivity contribution in [2.75, 3.05) is 11.1 Å². The third kappa shape index (κ3) is 4.35. The van der Waals surface area contributed by atoms with E-state index in [0.29, 0.717) is 22.7 Å². The largest absolute Gasteiger partial charge is 0.416 e. The number of hydrogen-bond donors (Lipinski definition) is 2. The molecule has 0 aliphatic heterocycles. The number of nitrogens with zero attached hydrogens (tertiary/aromatic N) is 2. The molecule has 3 amide bonds. The lowest BCUT2D eigenvalue weighted by Crippen LogP contribution is -2.35. The van der Waals surface area contributed by atoms with E-state index in [0.717, 1.165) is 35.7 Å². The molecule has 1 aromatic carbocycles. The van der Waals surface area contributed by atoms with Crippen molar-refractivity contribution in [3.8, 4) is 0 Å². The summed E-state index contributed by atoms with van der Waals surface area (Å²) in [7, 11) is 0. The van der Waals surface area contributed by atoms with Crippen LogP contribution in [0.25, 0.3) is 0 Å². The summed E-state index contributed by atoms with van der Waals surface area (Å²) >= 11 is 1.12. The second-order valence-corrected chi connectivity index (χ2v) is 6.72. The number of aryl methyl sites for hydroxylation is 2. The van der Waals surface area contributed by atoms with Gasteiger partial charge in [-0.3, -0.25) is 10.1 Å². The molecule has 2 aromatic rings. The summed E-state index contributed by atoms with van der Waals surface area (Å²) in [6, 6.07) is 5.10. The molecule has 0 atom stereocenters. The topological polar surface area (TPSA) is 97.1 Å². The molecule has 0 saturated heterocycles. The monoisotopic (exact) mass is 346 g/mol. The summed E-state index contributed by atoms with van der Waals surface area (Å²) in [5, 5.41) is 13.1. The van der Waals surface area contributed by atoms with Gasteiger partial charge in [-0.05, 0) is 38.3 Å². The van der Waals surface area contributed by atoms with Crippen molar-refractivity contribution in [1.29, 1.82) is 0 Å². The van der Waals surface area contributed by atoms with Crippen molar-refractivity contribution in [2.45, 2.75) is 37.8 Å². The second-order valence-electron chi connectivity index (χ2n) is 5.79. The highest BCUT2D eigenvalue weighted by Gasteiger charge is 2.29. The highest BCUT2D eigenvalue weighted by molar-refractivity contribution is 7.99. The molecule has 1 aliphatic carbocycles. The van der Waals surface area contributed by atoms with E-state index in [1.165, 1.54) is 0 Å². The molecule has 2 N–H and O–H groups in total. The van der Waals surface area contributed by atoms with Gasteiger partial charge in [-0.1, -0.05) is 29.5 Å². The molecule has 0 unspecified atom stereocenters. The van der Waals surface area contributed by atoms with Crippen molar-refractivity contribution in [3.63, 3.8) is 0 Å². The molecular formula is C16H18N4O3S.